The molecular weight excluding hydrogens is 553 g/mol. The summed E-state index contributed by atoms with van der Waals surface area (Å²) in [4.78, 5) is 17.2. The maximum Gasteiger partial charge on any atom is 0.192 e. The van der Waals surface area contributed by atoms with E-state index in [1.165, 1.54) is 0 Å². The van der Waals surface area contributed by atoms with Crippen LogP contribution in [0.25, 0.3) is 11.2 Å². The molecule has 2 aromatic heterocycles. The maximum absolute atomic E-state index is 7.23. The molecule has 1 fully saturated rings. The molecule has 0 spiro atoms. The summed E-state index contributed by atoms with van der Waals surface area (Å²) in [6.07, 6.45) is 0.205. The van der Waals surface area contributed by atoms with Crippen molar-refractivity contribution in [1.29, 1.82) is 0 Å². The van der Waals surface area contributed by atoms with Crippen LogP contribution in [0, 0.1) is 6.92 Å². The van der Waals surface area contributed by atoms with E-state index in [4.69, 9.17) is 23.0 Å². The molecule has 8 nitrogen and oxygen atoms in total. The lowest BCUT2D eigenvalue weighted by atomic mass is 10.1. The van der Waals surface area contributed by atoms with E-state index < -0.39 is 31.1 Å². The number of ether oxygens (including phenoxy) is 1. The highest BCUT2D eigenvalue weighted by Crippen LogP contribution is 2.47. The maximum atomic E-state index is 7.23. The Morgan fingerprint density at radius 3 is 1.75 bits per heavy atom. The smallest absolute Gasteiger partial charge is 0.192 e. The molecule has 11 heteroatoms. The first kappa shape index (κ1) is 33.5. The summed E-state index contributed by atoms with van der Waals surface area (Å²) < 4.78 is 28.1. The zero-order valence-corrected chi connectivity index (χ0v) is 31.1. The highest BCUT2D eigenvalue weighted by atomic mass is 28.4. The minimum absolute atomic E-state index is 0.0186. The third-order valence-electron chi connectivity index (χ3n) is 9.96. The molecule has 0 amide bonds. The van der Waals surface area contributed by atoms with Gasteiger partial charge in [0.15, 0.2) is 30.6 Å². The molecule has 0 aliphatic carbocycles. The van der Waals surface area contributed by atoms with Gasteiger partial charge in [-0.2, -0.15) is 0 Å². The number of nitrogens with one attached hydrogen (secondary N) is 1. The summed E-state index contributed by atoms with van der Waals surface area (Å²) in [6, 6.07) is 0. The molecule has 4 atom stereocenters. The van der Waals surface area contributed by atoms with Gasteiger partial charge in [0, 0.05) is 0 Å². The number of hydrogen-bond donors (Lipinski definition) is 1. The van der Waals surface area contributed by atoms with Gasteiger partial charge in [-0.15, -0.1) is 0 Å². The minimum atomic E-state index is -2.22. The van der Waals surface area contributed by atoms with Crippen molar-refractivity contribution in [2.24, 2.45) is 0 Å². The zero-order valence-electron chi connectivity index (χ0n) is 28.1. The number of rotatable bonds is 8. The Bertz CT molecular complexity index is 1180. The van der Waals surface area contributed by atoms with Crippen LogP contribution in [0.1, 0.15) is 79.9 Å². The number of aryl methyl sites for hydroxylation is 1. The van der Waals surface area contributed by atoms with Crippen LogP contribution in [-0.4, -0.2) is 69.8 Å². The van der Waals surface area contributed by atoms with E-state index in [9.17, 15) is 0 Å². The molecule has 3 heterocycles. The largest absolute Gasteiger partial charge is 0.414 e. The average molecular weight is 609 g/mol. The highest BCUT2D eigenvalue weighted by molar-refractivity contribution is 6.75. The number of H-pyrrole nitrogens is 1. The van der Waals surface area contributed by atoms with Crippen molar-refractivity contribution in [3.63, 3.8) is 0 Å². The summed E-state index contributed by atoms with van der Waals surface area (Å²) in [6.45, 7) is 36.6. The van der Waals surface area contributed by atoms with Gasteiger partial charge < -0.3 is 23.0 Å². The Morgan fingerprint density at radius 2 is 1.27 bits per heavy atom. The second-order valence-corrected chi connectivity index (χ2v) is 30.5. The van der Waals surface area contributed by atoms with Crippen LogP contribution in [0.5, 0.6) is 0 Å². The fourth-order valence-corrected chi connectivity index (χ4v) is 7.62. The van der Waals surface area contributed by atoms with E-state index in [0.29, 0.717) is 18.1 Å². The first-order chi connectivity index (χ1) is 17.9. The van der Waals surface area contributed by atoms with E-state index in [1.807, 2.05) is 6.92 Å². The molecule has 1 saturated heterocycles. The summed E-state index contributed by atoms with van der Waals surface area (Å²) in [5, 5.41) is 0.140. The zero-order chi connectivity index (χ0) is 30.7. The topological polar surface area (TPSA) is 91.4 Å². The molecule has 1 unspecified atom stereocenters. The van der Waals surface area contributed by atoms with Gasteiger partial charge in [0.2, 0.25) is 0 Å². The molecule has 0 radical (unpaired) electrons. The fraction of sp³-hybridized carbons (Fsp3) is 0.828. The summed E-state index contributed by atoms with van der Waals surface area (Å²) >= 11 is 0. The van der Waals surface area contributed by atoms with Gasteiger partial charge in [0.25, 0.3) is 0 Å². The summed E-state index contributed by atoms with van der Waals surface area (Å²) in [7, 11) is -6.45. The molecule has 0 saturated carbocycles. The molecular formula is C29H56N4O4Si3. The Balaban J connectivity index is 2.13. The second kappa shape index (κ2) is 10.9. The van der Waals surface area contributed by atoms with Crippen molar-refractivity contribution in [2.45, 2.75) is 148 Å². The van der Waals surface area contributed by atoms with Crippen molar-refractivity contribution < 1.29 is 18.0 Å². The van der Waals surface area contributed by atoms with Crippen LogP contribution in [0.3, 0.4) is 0 Å². The number of imidazole rings is 1. The molecule has 40 heavy (non-hydrogen) atoms. The number of fused-ring (bicyclic) bond motifs is 1. The van der Waals surface area contributed by atoms with E-state index in [1.54, 1.807) is 6.33 Å². The standard InChI is InChI=1S/C29H56N4O4Si3/c1-19-21-25(31-18-30-19)33-26(32-21)24-23(37-40(15,16)29(8,9)10)22(36-39(13,14)28(5,6)7)20(35-24)17-34-38(11,12)27(2,3)4/h18,20,22-24H,17H2,1-16H3,(H,30,31,32,33)/t20-,22-,23-,24?/m1/s1. The van der Waals surface area contributed by atoms with E-state index >= 15 is 0 Å². The van der Waals surface area contributed by atoms with Crippen molar-refractivity contribution >= 4 is 36.1 Å². The van der Waals surface area contributed by atoms with Gasteiger partial charge in [0.05, 0.1) is 12.3 Å². The van der Waals surface area contributed by atoms with Gasteiger partial charge in [0.1, 0.15) is 42.1 Å². The van der Waals surface area contributed by atoms with Crippen molar-refractivity contribution in [3.8, 4) is 0 Å². The lowest BCUT2D eigenvalue weighted by Crippen LogP contribution is -2.54. The predicted molar refractivity (Wildman–Crippen MR) is 171 cm³/mol. The van der Waals surface area contributed by atoms with Gasteiger partial charge >= 0.3 is 0 Å². The molecule has 1 aliphatic rings. The van der Waals surface area contributed by atoms with Crippen molar-refractivity contribution in [1.82, 2.24) is 19.9 Å². The Morgan fingerprint density at radius 1 is 0.775 bits per heavy atom. The summed E-state index contributed by atoms with van der Waals surface area (Å²) in [5.74, 6) is 0.709. The van der Waals surface area contributed by atoms with Crippen molar-refractivity contribution in [3.05, 3.63) is 17.8 Å². The quantitative estimate of drug-likeness (QED) is 0.305. The van der Waals surface area contributed by atoms with Crippen LogP contribution in [0.2, 0.25) is 54.4 Å². The van der Waals surface area contributed by atoms with Gasteiger partial charge in [-0.25, -0.2) is 15.0 Å². The average Bonchev–Trinajstić information content (AvgIpc) is 3.32. The van der Waals surface area contributed by atoms with Gasteiger partial charge in [-0.3, -0.25) is 0 Å². The molecule has 2 aromatic rings. The fourth-order valence-electron chi connectivity index (χ4n) is 3.99. The van der Waals surface area contributed by atoms with E-state index in [2.05, 4.69) is 117 Å². The van der Waals surface area contributed by atoms with E-state index in [0.717, 1.165) is 11.2 Å². The third kappa shape index (κ3) is 6.81. The highest BCUT2D eigenvalue weighted by Gasteiger charge is 2.55. The third-order valence-corrected chi connectivity index (χ3v) is 23.4. The molecule has 1 aliphatic heterocycles. The lowest BCUT2D eigenvalue weighted by molar-refractivity contribution is -0.0197. The van der Waals surface area contributed by atoms with E-state index in [-0.39, 0.29) is 33.4 Å². The Labute approximate surface area is 246 Å². The predicted octanol–water partition coefficient (Wildman–Crippen LogP) is 7.90. The summed E-state index contributed by atoms with van der Waals surface area (Å²) in [5.41, 5.74) is 2.32. The lowest BCUT2D eigenvalue weighted by Gasteiger charge is -2.44. The molecule has 0 aromatic carbocycles. The second-order valence-electron chi connectivity index (χ2n) is 16.1. The number of hydrogen-bond acceptors (Lipinski definition) is 7. The van der Waals surface area contributed by atoms with Crippen LogP contribution in [-0.2, 0) is 18.0 Å². The number of aromatic nitrogens is 4. The monoisotopic (exact) mass is 608 g/mol. The Hall–Kier alpha value is -0.959. The first-order valence-corrected chi connectivity index (χ1v) is 23.4. The van der Waals surface area contributed by atoms with Gasteiger partial charge in [-0.1, -0.05) is 62.3 Å². The van der Waals surface area contributed by atoms with Crippen LogP contribution in [0.4, 0.5) is 0 Å². The molecule has 1 N–H and O–H groups in total. The van der Waals surface area contributed by atoms with Crippen LogP contribution < -0.4 is 0 Å². The SMILES string of the molecule is Cc1ncnc2nc(C3O[C@H](CO[Si](C)(C)C(C)(C)C)[C@@H](O[Si](C)(C)C(C)(C)C)[C@H]3O[Si](C)(C)C(C)(C)C)[nH]c12. The van der Waals surface area contributed by atoms with Crippen LogP contribution in [0.15, 0.2) is 6.33 Å². The van der Waals surface area contributed by atoms with Crippen molar-refractivity contribution in [2.75, 3.05) is 6.61 Å². The normalized spacial score (nSPS) is 23.8. The molecule has 3 rings (SSSR count). The number of nitrogens with zero attached hydrogens (tertiary/aromatic N) is 3. The Kier molecular flexibility index (Phi) is 9.18. The minimum Gasteiger partial charge on any atom is -0.414 e. The van der Waals surface area contributed by atoms with Crippen LogP contribution >= 0.6 is 0 Å². The molecule has 228 valence electrons. The first-order valence-electron chi connectivity index (χ1n) is 14.7. The van der Waals surface area contributed by atoms with Gasteiger partial charge in [-0.05, 0) is 61.3 Å². The molecule has 0 bridgehead atoms. The number of aromatic amines is 1.